The SMILES string of the molecule is CC(C)NC(=NCCCCOC(C)C)NN. The molecule has 0 saturated heterocycles. The van der Waals surface area contributed by atoms with Crippen LogP contribution in [-0.2, 0) is 4.74 Å². The molecular weight excluding hydrogens is 204 g/mol. The molecule has 4 N–H and O–H groups in total. The van der Waals surface area contributed by atoms with Gasteiger partial charge in [-0.25, -0.2) is 5.84 Å². The van der Waals surface area contributed by atoms with Crippen LogP contribution in [0, 0.1) is 0 Å². The predicted molar refractivity (Wildman–Crippen MR) is 68.2 cm³/mol. The average molecular weight is 230 g/mol. The van der Waals surface area contributed by atoms with Gasteiger partial charge in [-0.05, 0) is 40.5 Å². The first-order valence-electron chi connectivity index (χ1n) is 5.95. The Hall–Kier alpha value is -0.810. The molecule has 0 aromatic heterocycles. The smallest absolute Gasteiger partial charge is 0.205 e. The van der Waals surface area contributed by atoms with E-state index >= 15 is 0 Å². The summed E-state index contributed by atoms with van der Waals surface area (Å²) in [5, 5.41) is 3.12. The number of guanidine groups is 1. The zero-order valence-corrected chi connectivity index (χ0v) is 10.9. The molecule has 0 spiro atoms. The van der Waals surface area contributed by atoms with E-state index < -0.39 is 0 Å². The van der Waals surface area contributed by atoms with E-state index in [9.17, 15) is 0 Å². The van der Waals surface area contributed by atoms with Gasteiger partial charge in [-0.2, -0.15) is 0 Å². The first kappa shape index (κ1) is 15.2. The third kappa shape index (κ3) is 9.73. The highest BCUT2D eigenvalue weighted by molar-refractivity contribution is 5.79. The minimum Gasteiger partial charge on any atom is -0.379 e. The molecule has 16 heavy (non-hydrogen) atoms. The summed E-state index contributed by atoms with van der Waals surface area (Å²) in [6.45, 7) is 9.74. The second kappa shape index (κ2) is 9.42. The van der Waals surface area contributed by atoms with E-state index in [1.54, 1.807) is 0 Å². The average Bonchev–Trinajstić information content (AvgIpc) is 2.20. The maximum Gasteiger partial charge on any atom is 0.205 e. The molecule has 0 aromatic rings. The van der Waals surface area contributed by atoms with Crippen LogP contribution in [0.2, 0.25) is 0 Å². The van der Waals surface area contributed by atoms with Crippen molar-refractivity contribution < 1.29 is 4.74 Å². The molecule has 5 heteroatoms. The van der Waals surface area contributed by atoms with Crippen LogP contribution >= 0.6 is 0 Å². The number of ether oxygens (including phenoxy) is 1. The van der Waals surface area contributed by atoms with Crippen LogP contribution in [0.1, 0.15) is 40.5 Å². The Morgan fingerprint density at radius 3 is 2.44 bits per heavy atom. The highest BCUT2D eigenvalue weighted by Gasteiger charge is 1.97. The van der Waals surface area contributed by atoms with Crippen LogP contribution in [0.5, 0.6) is 0 Å². The van der Waals surface area contributed by atoms with Crippen molar-refractivity contribution in [2.45, 2.75) is 52.7 Å². The van der Waals surface area contributed by atoms with Crippen molar-refractivity contribution in [2.24, 2.45) is 10.8 Å². The quantitative estimate of drug-likeness (QED) is 0.201. The van der Waals surface area contributed by atoms with Crippen LogP contribution in [-0.4, -0.2) is 31.3 Å². The van der Waals surface area contributed by atoms with E-state index in [-0.39, 0.29) is 0 Å². The van der Waals surface area contributed by atoms with Gasteiger partial charge in [0.2, 0.25) is 5.96 Å². The molecule has 0 rings (SSSR count). The molecule has 0 atom stereocenters. The predicted octanol–water partition coefficient (Wildman–Crippen LogP) is 1.01. The molecule has 0 unspecified atom stereocenters. The molecule has 0 amide bonds. The summed E-state index contributed by atoms with van der Waals surface area (Å²) >= 11 is 0. The van der Waals surface area contributed by atoms with Crippen molar-refractivity contribution in [3.63, 3.8) is 0 Å². The fraction of sp³-hybridized carbons (Fsp3) is 0.909. The van der Waals surface area contributed by atoms with Crippen LogP contribution < -0.4 is 16.6 Å². The van der Waals surface area contributed by atoms with E-state index in [0.717, 1.165) is 26.0 Å². The largest absolute Gasteiger partial charge is 0.379 e. The maximum atomic E-state index is 5.44. The van der Waals surface area contributed by atoms with Crippen LogP contribution in [0.25, 0.3) is 0 Å². The Kier molecular flexibility index (Phi) is 8.94. The van der Waals surface area contributed by atoms with Gasteiger partial charge in [0.05, 0.1) is 6.10 Å². The third-order valence-corrected chi connectivity index (χ3v) is 1.84. The highest BCUT2D eigenvalue weighted by Crippen LogP contribution is 1.94. The summed E-state index contributed by atoms with van der Waals surface area (Å²) in [5.41, 5.74) is 2.55. The third-order valence-electron chi connectivity index (χ3n) is 1.84. The van der Waals surface area contributed by atoms with Crippen LogP contribution in [0.15, 0.2) is 4.99 Å². The minimum atomic E-state index is 0.312. The Bertz CT molecular complexity index is 192. The number of aliphatic imine (C=N–C) groups is 1. The first-order valence-corrected chi connectivity index (χ1v) is 5.95. The lowest BCUT2D eigenvalue weighted by molar-refractivity contribution is 0.0763. The minimum absolute atomic E-state index is 0.312. The maximum absolute atomic E-state index is 5.44. The summed E-state index contributed by atoms with van der Waals surface area (Å²) in [7, 11) is 0. The van der Waals surface area contributed by atoms with Gasteiger partial charge in [-0.1, -0.05) is 0 Å². The second-order valence-electron chi connectivity index (χ2n) is 4.30. The molecule has 0 saturated carbocycles. The molecule has 0 radical (unpaired) electrons. The summed E-state index contributed by atoms with van der Waals surface area (Å²) in [5.74, 6) is 5.99. The van der Waals surface area contributed by atoms with Gasteiger partial charge in [-0.15, -0.1) is 0 Å². The molecule has 0 aromatic carbocycles. The lowest BCUT2D eigenvalue weighted by atomic mass is 10.3. The molecule has 0 aliphatic carbocycles. The van der Waals surface area contributed by atoms with Crippen molar-refractivity contribution in [1.29, 1.82) is 0 Å². The van der Waals surface area contributed by atoms with Crippen molar-refractivity contribution in [2.75, 3.05) is 13.2 Å². The van der Waals surface area contributed by atoms with Gasteiger partial charge in [-0.3, -0.25) is 10.4 Å². The molecular formula is C11H26N4O. The van der Waals surface area contributed by atoms with Crippen molar-refractivity contribution >= 4 is 5.96 Å². The number of rotatable bonds is 7. The highest BCUT2D eigenvalue weighted by atomic mass is 16.5. The molecule has 5 nitrogen and oxygen atoms in total. The topological polar surface area (TPSA) is 71.7 Å². The zero-order valence-electron chi connectivity index (χ0n) is 10.9. The van der Waals surface area contributed by atoms with Crippen molar-refractivity contribution in [3.05, 3.63) is 0 Å². The Labute approximate surface area is 98.8 Å². The molecule has 0 heterocycles. The normalized spacial score (nSPS) is 12.3. The molecule has 0 fully saturated rings. The number of hydrogen-bond donors (Lipinski definition) is 3. The number of hydrazine groups is 1. The lowest BCUT2D eigenvalue weighted by Gasteiger charge is -2.12. The van der Waals surface area contributed by atoms with Crippen molar-refractivity contribution in [3.8, 4) is 0 Å². The zero-order chi connectivity index (χ0) is 12.4. The Morgan fingerprint density at radius 1 is 1.25 bits per heavy atom. The number of nitrogens with zero attached hydrogens (tertiary/aromatic N) is 1. The summed E-state index contributed by atoms with van der Waals surface area (Å²) < 4.78 is 5.44. The van der Waals surface area contributed by atoms with Gasteiger partial charge < -0.3 is 10.1 Å². The number of nitrogens with one attached hydrogen (secondary N) is 2. The van der Waals surface area contributed by atoms with E-state index in [0.29, 0.717) is 18.1 Å². The van der Waals surface area contributed by atoms with Crippen molar-refractivity contribution in [1.82, 2.24) is 10.7 Å². The molecule has 0 aliphatic rings. The van der Waals surface area contributed by atoms with Crippen LogP contribution in [0.3, 0.4) is 0 Å². The van der Waals surface area contributed by atoms with E-state index in [2.05, 4.69) is 15.7 Å². The monoisotopic (exact) mass is 230 g/mol. The van der Waals surface area contributed by atoms with Gasteiger partial charge in [0.25, 0.3) is 0 Å². The standard InChI is InChI=1S/C11H26N4O/c1-9(2)14-11(15-12)13-7-5-6-8-16-10(3)4/h9-10H,5-8,12H2,1-4H3,(H2,13,14,15). The first-order chi connectivity index (χ1) is 7.56. The molecule has 0 aliphatic heterocycles. The Balaban J connectivity index is 3.55. The second-order valence-corrected chi connectivity index (χ2v) is 4.30. The van der Waals surface area contributed by atoms with Gasteiger partial charge in [0.1, 0.15) is 0 Å². The number of nitrogens with two attached hydrogens (primary N) is 1. The van der Waals surface area contributed by atoms with Gasteiger partial charge in [0.15, 0.2) is 0 Å². The molecule has 96 valence electrons. The van der Waals surface area contributed by atoms with E-state index in [4.69, 9.17) is 10.6 Å². The number of unbranched alkanes of at least 4 members (excludes halogenated alkanes) is 1. The number of hydrogen-bond acceptors (Lipinski definition) is 3. The fourth-order valence-corrected chi connectivity index (χ4v) is 1.13. The van der Waals surface area contributed by atoms with Gasteiger partial charge >= 0.3 is 0 Å². The van der Waals surface area contributed by atoms with E-state index in [1.165, 1.54) is 0 Å². The summed E-state index contributed by atoms with van der Waals surface area (Å²) in [4.78, 5) is 4.31. The Morgan fingerprint density at radius 2 is 1.94 bits per heavy atom. The molecule has 0 bridgehead atoms. The summed E-state index contributed by atoms with van der Waals surface area (Å²) in [6, 6.07) is 0.332. The summed E-state index contributed by atoms with van der Waals surface area (Å²) in [6.07, 6.45) is 2.35. The lowest BCUT2D eigenvalue weighted by Crippen LogP contribution is -2.44. The van der Waals surface area contributed by atoms with E-state index in [1.807, 2.05) is 27.7 Å². The fourth-order valence-electron chi connectivity index (χ4n) is 1.13. The van der Waals surface area contributed by atoms with Crippen LogP contribution in [0.4, 0.5) is 0 Å². The van der Waals surface area contributed by atoms with Gasteiger partial charge in [0, 0.05) is 19.2 Å².